The molecule has 0 aromatic heterocycles. The number of aromatic hydroxyl groups is 1. The molecule has 0 bridgehead atoms. The maximum absolute atomic E-state index is 12.3. The number of ketones is 1. The second-order valence-electron chi connectivity index (χ2n) is 5.41. The summed E-state index contributed by atoms with van der Waals surface area (Å²) in [5, 5.41) is 10.0. The Morgan fingerprint density at radius 3 is 2.25 bits per heavy atom. The number of benzene rings is 2. The molecule has 2 aromatic rings. The van der Waals surface area contributed by atoms with Gasteiger partial charge in [-0.15, -0.1) is 0 Å². The fraction of sp³-hybridized carbons (Fsp3) is 0.278. The van der Waals surface area contributed by atoms with E-state index in [-0.39, 0.29) is 11.5 Å². The van der Waals surface area contributed by atoms with E-state index in [1.54, 1.807) is 31.4 Å². The van der Waals surface area contributed by atoms with Crippen LogP contribution < -0.4 is 19.1 Å². The second kappa shape index (κ2) is 6.31. The zero-order valence-corrected chi connectivity index (χ0v) is 13.8. The molecule has 1 heterocycles. The molecule has 0 unspecified atom stereocenters. The lowest BCUT2D eigenvalue weighted by Crippen LogP contribution is -2.28. The van der Waals surface area contributed by atoms with Crippen molar-refractivity contribution in [1.82, 2.24) is 0 Å². The highest BCUT2D eigenvalue weighted by atomic mass is 16.5. The largest absolute Gasteiger partial charge is 0.504 e. The third-order valence-electron chi connectivity index (χ3n) is 4.13. The average Bonchev–Trinajstić information content (AvgIpc) is 2.61. The van der Waals surface area contributed by atoms with Crippen LogP contribution >= 0.6 is 0 Å². The molecule has 6 nitrogen and oxygen atoms in total. The average molecular weight is 329 g/mol. The van der Waals surface area contributed by atoms with Crippen molar-refractivity contribution >= 4 is 17.2 Å². The van der Waals surface area contributed by atoms with Gasteiger partial charge in [0.2, 0.25) is 0 Å². The summed E-state index contributed by atoms with van der Waals surface area (Å²) in [5.74, 6) is 1.57. The van der Waals surface area contributed by atoms with E-state index in [0.717, 1.165) is 11.4 Å². The molecule has 0 saturated carbocycles. The number of hydrogen-bond acceptors (Lipinski definition) is 6. The van der Waals surface area contributed by atoms with Crippen molar-refractivity contribution in [3.8, 4) is 23.0 Å². The normalized spacial score (nSPS) is 13.5. The van der Waals surface area contributed by atoms with Gasteiger partial charge in [0.15, 0.2) is 28.8 Å². The highest BCUT2D eigenvalue weighted by molar-refractivity contribution is 6.05. The fourth-order valence-corrected chi connectivity index (χ4v) is 2.90. The summed E-state index contributed by atoms with van der Waals surface area (Å²) >= 11 is 0. The number of ether oxygens (including phenoxy) is 3. The van der Waals surface area contributed by atoms with E-state index in [1.165, 1.54) is 14.2 Å². The molecule has 6 heteroatoms. The van der Waals surface area contributed by atoms with Crippen LogP contribution in [0.25, 0.3) is 0 Å². The number of rotatable bonds is 4. The van der Waals surface area contributed by atoms with Crippen LogP contribution in [0.1, 0.15) is 16.8 Å². The molecule has 126 valence electrons. The van der Waals surface area contributed by atoms with Crippen molar-refractivity contribution in [2.45, 2.75) is 6.42 Å². The topological polar surface area (TPSA) is 68.2 Å². The minimum Gasteiger partial charge on any atom is -0.504 e. The summed E-state index contributed by atoms with van der Waals surface area (Å²) < 4.78 is 15.7. The van der Waals surface area contributed by atoms with Crippen LogP contribution in [-0.4, -0.2) is 38.8 Å². The first-order valence-corrected chi connectivity index (χ1v) is 7.52. The Bertz CT molecular complexity index is 787. The molecule has 0 fully saturated rings. The van der Waals surface area contributed by atoms with Crippen molar-refractivity contribution in [3.63, 3.8) is 0 Å². The van der Waals surface area contributed by atoms with Gasteiger partial charge in [-0.1, -0.05) is 0 Å². The number of carbonyl (C=O) groups is 1. The van der Waals surface area contributed by atoms with Crippen molar-refractivity contribution in [2.24, 2.45) is 0 Å². The first kappa shape index (κ1) is 16.0. The van der Waals surface area contributed by atoms with Crippen LogP contribution in [0, 0.1) is 0 Å². The minimum absolute atomic E-state index is 0.0499. The molecule has 2 aromatic carbocycles. The Morgan fingerprint density at radius 1 is 0.958 bits per heavy atom. The molecular weight excluding hydrogens is 310 g/mol. The van der Waals surface area contributed by atoms with Crippen LogP contribution in [0.4, 0.5) is 11.4 Å². The van der Waals surface area contributed by atoms with E-state index in [2.05, 4.69) is 0 Å². The molecule has 3 rings (SSSR count). The molecule has 24 heavy (non-hydrogen) atoms. The Morgan fingerprint density at radius 2 is 1.62 bits per heavy atom. The Balaban J connectivity index is 2.11. The van der Waals surface area contributed by atoms with Gasteiger partial charge in [0, 0.05) is 36.3 Å². The van der Waals surface area contributed by atoms with E-state index in [4.69, 9.17) is 14.2 Å². The monoisotopic (exact) mass is 329 g/mol. The first-order valence-electron chi connectivity index (χ1n) is 7.52. The maximum atomic E-state index is 12.3. The molecule has 0 spiro atoms. The number of methoxy groups -OCH3 is 3. The first-order chi connectivity index (χ1) is 11.6. The quantitative estimate of drug-likeness (QED) is 0.929. The number of hydrogen-bond donors (Lipinski definition) is 1. The van der Waals surface area contributed by atoms with E-state index >= 15 is 0 Å². The third kappa shape index (κ3) is 2.60. The highest BCUT2D eigenvalue weighted by Crippen LogP contribution is 2.42. The van der Waals surface area contributed by atoms with Crippen molar-refractivity contribution in [1.29, 1.82) is 0 Å². The lowest BCUT2D eigenvalue weighted by molar-refractivity contribution is 0.0981. The highest BCUT2D eigenvalue weighted by Gasteiger charge is 2.27. The summed E-state index contributed by atoms with van der Waals surface area (Å²) in [7, 11) is 4.59. The molecule has 0 radical (unpaired) electrons. The lowest BCUT2D eigenvalue weighted by Gasteiger charge is -2.31. The van der Waals surface area contributed by atoms with E-state index in [9.17, 15) is 9.90 Å². The van der Waals surface area contributed by atoms with Gasteiger partial charge in [-0.2, -0.15) is 0 Å². The fourth-order valence-electron chi connectivity index (χ4n) is 2.90. The van der Waals surface area contributed by atoms with Gasteiger partial charge in [-0.25, -0.2) is 0 Å². The van der Waals surface area contributed by atoms with Gasteiger partial charge in [-0.05, 0) is 18.2 Å². The molecule has 1 aliphatic heterocycles. The van der Waals surface area contributed by atoms with Gasteiger partial charge in [0.25, 0.3) is 0 Å². The summed E-state index contributed by atoms with van der Waals surface area (Å²) in [4.78, 5) is 14.3. The van der Waals surface area contributed by atoms with Gasteiger partial charge < -0.3 is 24.2 Å². The predicted molar refractivity (Wildman–Crippen MR) is 90.2 cm³/mol. The molecule has 0 aliphatic carbocycles. The number of carbonyl (C=O) groups excluding carboxylic acids is 1. The van der Waals surface area contributed by atoms with E-state index in [1.807, 2.05) is 11.0 Å². The smallest absolute Gasteiger partial charge is 0.166 e. The lowest BCUT2D eigenvalue weighted by atomic mass is 9.98. The third-order valence-corrected chi connectivity index (χ3v) is 4.13. The van der Waals surface area contributed by atoms with Crippen LogP contribution in [0.5, 0.6) is 23.0 Å². The van der Waals surface area contributed by atoms with Crippen LogP contribution in [0.2, 0.25) is 0 Å². The molecule has 1 aliphatic rings. The second-order valence-corrected chi connectivity index (χ2v) is 5.41. The Kier molecular flexibility index (Phi) is 4.20. The summed E-state index contributed by atoms with van der Waals surface area (Å²) in [6.45, 7) is 0.521. The summed E-state index contributed by atoms with van der Waals surface area (Å²) in [6.07, 6.45) is 0.384. The minimum atomic E-state index is 0.0499. The zero-order valence-electron chi connectivity index (χ0n) is 13.8. The Labute approximate surface area is 140 Å². The SMILES string of the molecule is COc1ccc(N2CCC(=O)c3cc(OC)c(OC)cc32)cc1O. The van der Waals surface area contributed by atoms with Crippen molar-refractivity contribution < 1.29 is 24.1 Å². The Hall–Kier alpha value is -2.89. The van der Waals surface area contributed by atoms with Crippen LogP contribution in [-0.2, 0) is 0 Å². The maximum Gasteiger partial charge on any atom is 0.166 e. The van der Waals surface area contributed by atoms with Crippen molar-refractivity contribution in [2.75, 3.05) is 32.8 Å². The number of nitrogens with zero attached hydrogens (tertiary/aromatic N) is 1. The van der Waals surface area contributed by atoms with Gasteiger partial charge >= 0.3 is 0 Å². The van der Waals surface area contributed by atoms with E-state index in [0.29, 0.717) is 35.8 Å². The number of fused-ring (bicyclic) bond motifs is 1. The van der Waals surface area contributed by atoms with Gasteiger partial charge in [0.05, 0.1) is 27.0 Å². The van der Waals surface area contributed by atoms with E-state index < -0.39 is 0 Å². The zero-order chi connectivity index (χ0) is 17.3. The summed E-state index contributed by atoms with van der Waals surface area (Å²) in [6, 6.07) is 8.64. The molecule has 0 amide bonds. The summed E-state index contributed by atoms with van der Waals surface area (Å²) in [5.41, 5.74) is 2.08. The molecular formula is C18H19NO5. The molecule has 0 saturated heterocycles. The molecule has 0 atom stereocenters. The predicted octanol–water partition coefficient (Wildman–Crippen LogP) is 3.14. The van der Waals surface area contributed by atoms with Crippen LogP contribution in [0.3, 0.4) is 0 Å². The van der Waals surface area contributed by atoms with Crippen LogP contribution in [0.15, 0.2) is 30.3 Å². The number of anilines is 2. The molecule has 1 N–H and O–H groups in total. The number of phenolic OH excluding ortho intramolecular Hbond substituents is 1. The van der Waals surface area contributed by atoms with Gasteiger partial charge in [0.1, 0.15) is 0 Å². The number of phenols is 1. The van der Waals surface area contributed by atoms with Gasteiger partial charge in [-0.3, -0.25) is 4.79 Å². The van der Waals surface area contributed by atoms with Crippen molar-refractivity contribution in [3.05, 3.63) is 35.9 Å². The standard InChI is InChI=1S/C18H19NO5/c1-22-16-5-4-11(8-15(16)21)19-7-6-14(20)12-9-17(23-2)18(24-3)10-13(12)19/h4-5,8-10,21H,6-7H2,1-3H3. The number of Topliss-reactive ketones (excluding diaryl/α,β-unsaturated/α-hetero) is 1.